The summed E-state index contributed by atoms with van der Waals surface area (Å²) in [6.45, 7) is 0. The fourth-order valence-corrected chi connectivity index (χ4v) is 3.71. The number of halogens is 2. The second-order valence-corrected chi connectivity index (χ2v) is 6.87. The summed E-state index contributed by atoms with van der Waals surface area (Å²) in [5.41, 5.74) is 2.95. The lowest BCUT2D eigenvalue weighted by Crippen LogP contribution is -1.88. The highest BCUT2D eigenvalue weighted by Crippen LogP contribution is 2.40. The summed E-state index contributed by atoms with van der Waals surface area (Å²) in [7, 11) is 0. The van der Waals surface area contributed by atoms with Crippen LogP contribution in [0.15, 0.2) is 23.8 Å². The third kappa shape index (κ3) is 2.32. The van der Waals surface area contributed by atoms with E-state index in [9.17, 15) is 0 Å². The van der Waals surface area contributed by atoms with Crippen molar-refractivity contribution in [2.24, 2.45) is 0 Å². The van der Waals surface area contributed by atoms with E-state index in [2.05, 4.69) is 15.3 Å². The Balaban J connectivity index is 1.65. The normalized spacial score (nSPS) is 15.1. The molecular weight excluding hydrogens is 313 g/mol. The molecule has 0 N–H and O–H groups in total. The van der Waals surface area contributed by atoms with E-state index in [1.165, 1.54) is 18.5 Å². The molecule has 0 aliphatic heterocycles. The first-order chi connectivity index (χ1) is 9.69. The van der Waals surface area contributed by atoms with Gasteiger partial charge in [0.15, 0.2) is 5.65 Å². The zero-order valence-corrected chi connectivity index (χ0v) is 12.8. The maximum Gasteiger partial charge on any atom is 0.155 e. The van der Waals surface area contributed by atoms with E-state index < -0.39 is 0 Å². The SMILES string of the molecule is Clc1cc(Cl)c2nc(Cc3nc(C4CC4)cs3)cn2c1. The Kier molecular flexibility index (Phi) is 2.98. The summed E-state index contributed by atoms with van der Waals surface area (Å²) in [5.74, 6) is 0.703. The van der Waals surface area contributed by atoms with Crippen molar-refractivity contribution in [1.82, 2.24) is 14.4 Å². The molecule has 3 aromatic heterocycles. The van der Waals surface area contributed by atoms with Gasteiger partial charge in [-0.1, -0.05) is 23.2 Å². The van der Waals surface area contributed by atoms with Crippen molar-refractivity contribution in [1.29, 1.82) is 0 Å². The Morgan fingerprint density at radius 1 is 1.25 bits per heavy atom. The van der Waals surface area contributed by atoms with Gasteiger partial charge in [-0.05, 0) is 18.9 Å². The van der Waals surface area contributed by atoms with Gasteiger partial charge in [0.2, 0.25) is 0 Å². The quantitative estimate of drug-likeness (QED) is 0.707. The molecule has 20 heavy (non-hydrogen) atoms. The van der Waals surface area contributed by atoms with Gasteiger partial charge in [-0.15, -0.1) is 11.3 Å². The molecule has 0 bridgehead atoms. The molecule has 0 unspecified atom stereocenters. The molecule has 3 heterocycles. The molecule has 1 saturated carbocycles. The summed E-state index contributed by atoms with van der Waals surface area (Å²) in [4.78, 5) is 9.25. The van der Waals surface area contributed by atoms with Crippen LogP contribution in [0, 0.1) is 0 Å². The van der Waals surface area contributed by atoms with E-state index >= 15 is 0 Å². The smallest absolute Gasteiger partial charge is 0.155 e. The monoisotopic (exact) mass is 323 g/mol. The van der Waals surface area contributed by atoms with Crippen LogP contribution in [-0.2, 0) is 6.42 Å². The topological polar surface area (TPSA) is 30.2 Å². The second-order valence-electron chi connectivity index (χ2n) is 5.09. The second kappa shape index (κ2) is 4.72. The van der Waals surface area contributed by atoms with Crippen molar-refractivity contribution in [2.75, 3.05) is 0 Å². The van der Waals surface area contributed by atoms with Crippen LogP contribution in [0.5, 0.6) is 0 Å². The van der Waals surface area contributed by atoms with Crippen LogP contribution in [0.3, 0.4) is 0 Å². The van der Waals surface area contributed by atoms with E-state index in [1.807, 2.05) is 16.8 Å². The van der Waals surface area contributed by atoms with Crippen LogP contribution in [-0.4, -0.2) is 14.4 Å². The molecule has 0 amide bonds. The maximum atomic E-state index is 6.15. The lowest BCUT2D eigenvalue weighted by molar-refractivity contribution is 0.995. The Hall–Kier alpha value is -1.10. The van der Waals surface area contributed by atoms with Crippen molar-refractivity contribution in [3.05, 3.63) is 50.3 Å². The molecule has 3 aromatic rings. The van der Waals surface area contributed by atoms with Gasteiger partial charge in [-0.25, -0.2) is 9.97 Å². The van der Waals surface area contributed by atoms with E-state index in [1.54, 1.807) is 17.4 Å². The van der Waals surface area contributed by atoms with Crippen LogP contribution in [0.1, 0.15) is 35.2 Å². The number of nitrogens with zero attached hydrogens (tertiary/aromatic N) is 3. The van der Waals surface area contributed by atoms with Gasteiger partial charge in [0, 0.05) is 30.1 Å². The predicted molar refractivity (Wildman–Crippen MR) is 82.1 cm³/mol. The number of imidazole rings is 1. The molecule has 4 rings (SSSR count). The van der Waals surface area contributed by atoms with Crippen LogP contribution in [0.4, 0.5) is 0 Å². The third-order valence-electron chi connectivity index (χ3n) is 3.42. The zero-order valence-electron chi connectivity index (χ0n) is 10.5. The molecule has 1 aliphatic rings. The zero-order chi connectivity index (χ0) is 13.7. The van der Waals surface area contributed by atoms with Gasteiger partial charge >= 0.3 is 0 Å². The summed E-state index contributed by atoms with van der Waals surface area (Å²) < 4.78 is 1.87. The predicted octanol–water partition coefficient (Wildman–Crippen LogP) is 4.57. The standard InChI is InChI=1S/C14H11Cl2N3S/c15-9-3-11(16)14-17-10(6-19(14)5-9)4-13-18-12(7-20-13)8-1-2-8/h3,5-8H,1-2,4H2. The number of hydrogen-bond acceptors (Lipinski definition) is 3. The molecular formula is C14H11Cl2N3S. The minimum absolute atomic E-state index is 0.571. The Morgan fingerprint density at radius 2 is 2.10 bits per heavy atom. The van der Waals surface area contributed by atoms with E-state index in [-0.39, 0.29) is 0 Å². The van der Waals surface area contributed by atoms with E-state index in [0.717, 1.165) is 22.8 Å². The Bertz CT molecular complexity index is 789. The van der Waals surface area contributed by atoms with Crippen LogP contribution < -0.4 is 0 Å². The minimum Gasteiger partial charge on any atom is -0.304 e. The number of hydrogen-bond donors (Lipinski definition) is 0. The van der Waals surface area contributed by atoms with E-state index in [0.29, 0.717) is 16.0 Å². The number of pyridine rings is 1. The van der Waals surface area contributed by atoms with Crippen LogP contribution in [0.25, 0.3) is 5.65 Å². The van der Waals surface area contributed by atoms with Crippen molar-refractivity contribution in [3.8, 4) is 0 Å². The van der Waals surface area contributed by atoms with Gasteiger partial charge in [0.05, 0.1) is 26.4 Å². The van der Waals surface area contributed by atoms with Gasteiger partial charge in [0.1, 0.15) is 0 Å². The van der Waals surface area contributed by atoms with Gasteiger partial charge in [-0.2, -0.15) is 0 Å². The molecule has 6 heteroatoms. The van der Waals surface area contributed by atoms with Gasteiger partial charge in [-0.3, -0.25) is 0 Å². The van der Waals surface area contributed by atoms with Crippen molar-refractivity contribution in [3.63, 3.8) is 0 Å². The number of rotatable bonds is 3. The number of aromatic nitrogens is 3. The maximum absolute atomic E-state index is 6.15. The average Bonchev–Trinajstić information content (AvgIpc) is 3.01. The molecule has 3 nitrogen and oxygen atoms in total. The molecule has 1 fully saturated rings. The first-order valence-electron chi connectivity index (χ1n) is 6.46. The lowest BCUT2D eigenvalue weighted by Gasteiger charge is -1.95. The molecule has 0 atom stereocenters. The highest BCUT2D eigenvalue weighted by atomic mass is 35.5. The Morgan fingerprint density at radius 3 is 2.90 bits per heavy atom. The molecule has 102 valence electrons. The van der Waals surface area contributed by atoms with Gasteiger partial charge < -0.3 is 4.40 Å². The summed E-state index contributed by atoms with van der Waals surface area (Å²) in [5, 5.41) is 4.46. The van der Waals surface area contributed by atoms with Crippen molar-refractivity contribution in [2.45, 2.75) is 25.2 Å². The average molecular weight is 324 g/mol. The van der Waals surface area contributed by atoms with Gasteiger partial charge in [0.25, 0.3) is 0 Å². The fourth-order valence-electron chi connectivity index (χ4n) is 2.29. The fraction of sp³-hybridized carbons (Fsp3) is 0.286. The highest BCUT2D eigenvalue weighted by Gasteiger charge is 2.26. The summed E-state index contributed by atoms with van der Waals surface area (Å²) in [6, 6.07) is 1.71. The largest absolute Gasteiger partial charge is 0.304 e. The Labute approximate surface area is 130 Å². The summed E-state index contributed by atoms with van der Waals surface area (Å²) >= 11 is 13.9. The third-order valence-corrected chi connectivity index (χ3v) is 4.77. The molecule has 0 spiro atoms. The molecule has 1 aliphatic carbocycles. The number of fused-ring (bicyclic) bond motifs is 1. The first-order valence-corrected chi connectivity index (χ1v) is 8.09. The molecule has 0 saturated heterocycles. The van der Waals surface area contributed by atoms with E-state index in [4.69, 9.17) is 23.2 Å². The van der Waals surface area contributed by atoms with Crippen molar-refractivity contribution < 1.29 is 0 Å². The summed E-state index contributed by atoms with van der Waals surface area (Å²) in [6.07, 6.45) is 7.09. The van der Waals surface area contributed by atoms with Crippen LogP contribution >= 0.6 is 34.5 Å². The minimum atomic E-state index is 0.571. The lowest BCUT2D eigenvalue weighted by atomic mass is 10.3. The molecule has 0 aromatic carbocycles. The first kappa shape index (κ1) is 12.6. The highest BCUT2D eigenvalue weighted by molar-refractivity contribution is 7.09. The molecule has 0 radical (unpaired) electrons. The van der Waals surface area contributed by atoms with Crippen LogP contribution in [0.2, 0.25) is 10.0 Å². The van der Waals surface area contributed by atoms with Crippen molar-refractivity contribution >= 4 is 40.2 Å². The number of thiazole rings is 1.